The van der Waals surface area contributed by atoms with E-state index in [9.17, 15) is 4.79 Å². The SMILES string of the molecule is CC(C)(CNC(=O)c1cccnc1NN)c1cccs1. The molecule has 106 valence electrons. The van der Waals surface area contributed by atoms with E-state index in [1.807, 2.05) is 11.4 Å². The Kier molecular flexibility index (Phi) is 4.36. The summed E-state index contributed by atoms with van der Waals surface area (Å²) in [7, 11) is 0. The number of hydrogen-bond donors (Lipinski definition) is 3. The van der Waals surface area contributed by atoms with Crippen LogP contribution < -0.4 is 16.6 Å². The molecular formula is C14H18N4OS. The van der Waals surface area contributed by atoms with Crippen LogP contribution in [0.2, 0.25) is 0 Å². The predicted molar refractivity (Wildman–Crippen MR) is 81.7 cm³/mol. The van der Waals surface area contributed by atoms with E-state index in [1.165, 1.54) is 4.88 Å². The number of nitrogens with zero attached hydrogens (tertiary/aromatic N) is 1. The fourth-order valence-corrected chi connectivity index (χ4v) is 2.70. The minimum atomic E-state index is -0.185. The fourth-order valence-electron chi connectivity index (χ4n) is 1.85. The molecular weight excluding hydrogens is 272 g/mol. The Balaban J connectivity index is 2.06. The number of nitrogen functional groups attached to an aromatic ring is 1. The van der Waals surface area contributed by atoms with Crippen molar-refractivity contribution in [1.82, 2.24) is 10.3 Å². The molecule has 0 aliphatic rings. The third-order valence-electron chi connectivity index (χ3n) is 3.07. The van der Waals surface area contributed by atoms with Crippen LogP contribution in [0.1, 0.15) is 29.1 Å². The summed E-state index contributed by atoms with van der Waals surface area (Å²) < 4.78 is 0. The summed E-state index contributed by atoms with van der Waals surface area (Å²) in [6, 6.07) is 7.49. The average molecular weight is 290 g/mol. The summed E-state index contributed by atoms with van der Waals surface area (Å²) >= 11 is 1.69. The van der Waals surface area contributed by atoms with E-state index in [2.05, 4.69) is 35.6 Å². The lowest BCUT2D eigenvalue weighted by Crippen LogP contribution is -2.36. The van der Waals surface area contributed by atoms with Crippen LogP contribution in [0, 0.1) is 0 Å². The van der Waals surface area contributed by atoms with Gasteiger partial charge >= 0.3 is 0 Å². The highest BCUT2D eigenvalue weighted by Gasteiger charge is 2.23. The highest BCUT2D eigenvalue weighted by molar-refractivity contribution is 7.10. The molecule has 0 saturated carbocycles. The Bertz CT molecular complexity index is 581. The Morgan fingerprint density at radius 1 is 1.40 bits per heavy atom. The topological polar surface area (TPSA) is 80.0 Å². The number of carbonyl (C=O) groups is 1. The zero-order chi connectivity index (χ0) is 14.6. The minimum absolute atomic E-state index is 0.109. The van der Waals surface area contributed by atoms with Crippen LogP contribution in [-0.4, -0.2) is 17.4 Å². The molecule has 6 heteroatoms. The molecule has 0 spiro atoms. The van der Waals surface area contributed by atoms with E-state index in [-0.39, 0.29) is 11.3 Å². The van der Waals surface area contributed by atoms with E-state index in [0.717, 1.165) is 0 Å². The lowest BCUT2D eigenvalue weighted by atomic mass is 9.91. The molecule has 0 bridgehead atoms. The molecule has 0 saturated heterocycles. The maximum absolute atomic E-state index is 12.2. The molecule has 5 nitrogen and oxygen atoms in total. The molecule has 20 heavy (non-hydrogen) atoms. The second-order valence-corrected chi connectivity index (χ2v) is 6.04. The van der Waals surface area contributed by atoms with Crippen molar-refractivity contribution in [2.75, 3.05) is 12.0 Å². The maximum atomic E-state index is 12.2. The van der Waals surface area contributed by atoms with Crippen LogP contribution in [0.4, 0.5) is 5.82 Å². The summed E-state index contributed by atoms with van der Waals surface area (Å²) in [4.78, 5) is 17.5. The van der Waals surface area contributed by atoms with Gasteiger partial charge < -0.3 is 10.7 Å². The van der Waals surface area contributed by atoms with Gasteiger partial charge in [0.25, 0.3) is 5.91 Å². The number of carbonyl (C=O) groups excluding carboxylic acids is 1. The number of rotatable bonds is 5. The monoisotopic (exact) mass is 290 g/mol. The number of hydrazine groups is 1. The molecule has 0 fully saturated rings. The lowest BCUT2D eigenvalue weighted by molar-refractivity contribution is 0.0946. The van der Waals surface area contributed by atoms with Crippen LogP contribution >= 0.6 is 11.3 Å². The molecule has 2 heterocycles. The first kappa shape index (κ1) is 14.5. The summed E-state index contributed by atoms with van der Waals surface area (Å²) in [5.74, 6) is 5.55. The number of thiophene rings is 1. The van der Waals surface area contributed by atoms with Crippen molar-refractivity contribution >= 4 is 23.1 Å². The second-order valence-electron chi connectivity index (χ2n) is 5.09. The first-order valence-electron chi connectivity index (χ1n) is 6.28. The zero-order valence-electron chi connectivity index (χ0n) is 11.5. The average Bonchev–Trinajstić information content (AvgIpc) is 3.00. The van der Waals surface area contributed by atoms with Crippen molar-refractivity contribution in [3.05, 3.63) is 46.3 Å². The van der Waals surface area contributed by atoms with Gasteiger partial charge in [-0.2, -0.15) is 0 Å². The Labute approximate surface area is 122 Å². The normalized spacial score (nSPS) is 11.2. The molecule has 2 aromatic heterocycles. The standard InChI is InChI=1S/C14H18N4OS/c1-14(2,11-6-4-8-20-11)9-17-13(19)10-5-3-7-16-12(10)18-15/h3-8H,9,15H2,1-2H3,(H,16,18)(H,17,19). The molecule has 1 amide bonds. The van der Waals surface area contributed by atoms with Gasteiger partial charge in [-0.1, -0.05) is 19.9 Å². The zero-order valence-corrected chi connectivity index (χ0v) is 12.3. The molecule has 0 atom stereocenters. The van der Waals surface area contributed by atoms with Crippen molar-refractivity contribution in [3.63, 3.8) is 0 Å². The van der Waals surface area contributed by atoms with Crippen molar-refractivity contribution < 1.29 is 4.79 Å². The van der Waals surface area contributed by atoms with E-state index in [1.54, 1.807) is 29.7 Å². The quantitative estimate of drug-likeness (QED) is 0.582. The number of hydrogen-bond acceptors (Lipinski definition) is 5. The summed E-state index contributed by atoms with van der Waals surface area (Å²) in [5, 5.41) is 4.97. The van der Waals surface area contributed by atoms with Crippen LogP contribution in [0.3, 0.4) is 0 Å². The van der Waals surface area contributed by atoms with Crippen molar-refractivity contribution in [3.8, 4) is 0 Å². The van der Waals surface area contributed by atoms with E-state index in [4.69, 9.17) is 5.84 Å². The number of pyridine rings is 1. The lowest BCUT2D eigenvalue weighted by Gasteiger charge is -2.23. The summed E-state index contributed by atoms with van der Waals surface area (Å²) in [6.45, 7) is 4.75. The number of nitrogens with one attached hydrogen (secondary N) is 2. The number of aromatic nitrogens is 1. The molecule has 2 rings (SSSR count). The van der Waals surface area contributed by atoms with Crippen molar-refractivity contribution in [2.45, 2.75) is 19.3 Å². The van der Waals surface area contributed by atoms with E-state index in [0.29, 0.717) is 17.9 Å². The largest absolute Gasteiger partial charge is 0.351 e. The van der Waals surface area contributed by atoms with Gasteiger partial charge in [0, 0.05) is 23.0 Å². The maximum Gasteiger partial charge on any atom is 0.255 e. The van der Waals surface area contributed by atoms with Gasteiger partial charge in [0.05, 0.1) is 5.56 Å². The van der Waals surface area contributed by atoms with Gasteiger partial charge in [0.1, 0.15) is 0 Å². The first-order valence-corrected chi connectivity index (χ1v) is 7.16. The smallest absolute Gasteiger partial charge is 0.255 e. The predicted octanol–water partition coefficient (Wildman–Crippen LogP) is 2.14. The Morgan fingerprint density at radius 3 is 2.85 bits per heavy atom. The van der Waals surface area contributed by atoms with Crippen LogP contribution in [0.5, 0.6) is 0 Å². The Hall–Kier alpha value is -1.92. The molecule has 0 unspecified atom stereocenters. The molecule has 2 aromatic rings. The highest BCUT2D eigenvalue weighted by Crippen LogP contribution is 2.26. The van der Waals surface area contributed by atoms with Gasteiger partial charge in [-0.05, 0) is 23.6 Å². The van der Waals surface area contributed by atoms with Crippen molar-refractivity contribution in [1.29, 1.82) is 0 Å². The molecule has 0 aliphatic carbocycles. The number of anilines is 1. The van der Waals surface area contributed by atoms with Crippen molar-refractivity contribution in [2.24, 2.45) is 5.84 Å². The molecule has 0 radical (unpaired) electrons. The van der Waals surface area contributed by atoms with Crippen LogP contribution in [0.25, 0.3) is 0 Å². The van der Waals surface area contributed by atoms with E-state index < -0.39 is 0 Å². The van der Waals surface area contributed by atoms with Gasteiger partial charge in [0.2, 0.25) is 0 Å². The second kappa shape index (κ2) is 6.02. The van der Waals surface area contributed by atoms with Crippen LogP contribution in [-0.2, 0) is 5.41 Å². The fraction of sp³-hybridized carbons (Fsp3) is 0.286. The minimum Gasteiger partial charge on any atom is -0.351 e. The van der Waals surface area contributed by atoms with E-state index >= 15 is 0 Å². The third kappa shape index (κ3) is 3.15. The molecule has 0 aromatic carbocycles. The molecule has 4 N–H and O–H groups in total. The highest BCUT2D eigenvalue weighted by atomic mass is 32.1. The van der Waals surface area contributed by atoms with Gasteiger partial charge in [-0.15, -0.1) is 11.3 Å². The number of nitrogens with two attached hydrogens (primary N) is 1. The number of amides is 1. The summed E-state index contributed by atoms with van der Waals surface area (Å²) in [5.41, 5.74) is 2.76. The first-order chi connectivity index (χ1) is 9.54. The van der Waals surface area contributed by atoms with Gasteiger partial charge in [-0.3, -0.25) is 4.79 Å². The van der Waals surface area contributed by atoms with Gasteiger partial charge in [-0.25, -0.2) is 10.8 Å². The third-order valence-corrected chi connectivity index (χ3v) is 4.30. The molecule has 0 aliphatic heterocycles. The van der Waals surface area contributed by atoms with Crippen LogP contribution in [0.15, 0.2) is 35.8 Å². The summed E-state index contributed by atoms with van der Waals surface area (Å²) in [6.07, 6.45) is 1.58. The Morgan fingerprint density at radius 2 is 2.20 bits per heavy atom. The van der Waals surface area contributed by atoms with Gasteiger partial charge in [0.15, 0.2) is 5.82 Å².